The summed E-state index contributed by atoms with van der Waals surface area (Å²) in [7, 11) is 3.02. The fraction of sp³-hybridized carbons (Fsp3) is 0.312. The van der Waals surface area contributed by atoms with E-state index in [1.165, 1.54) is 14.2 Å². The van der Waals surface area contributed by atoms with Gasteiger partial charge in [-0.3, -0.25) is 19.3 Å². The summed E-state index contributed by atoms with van der Waals surface area (Å²) in [5, 5.41) is -0.518. The number of hydrogen-bond donors (Lipinski definition) is 0. The van der Waals surface area contributed by atoms with Crippen LogP contribution in [-0.2, 0) is 14.3 Å². The smallest absolute Gasteiger partial charge is 0.326 e. The van der Waals surface area contributed by atoms with Crippen molar-refractivity contribution in [3.63, 3.8) is 0 Å². The summed E-state index contributed by atoms with van der Waals surface area (Å²) in [6.07, 6.45) is 1.54. The van der Waals surface area contributed by atoms with Crippen LogP contribution in [0.5, 0.6) is 11.5 Å². The summed E-state index contributed by atoms with van der Waals surface area (Å²) in [6, 6.07) is 3.38. The summed E-state index contributed by atoms with van der Waals surface area (Å²) in [5.74, 6) is -0.116. The zero-order chi connectivity index (χ0) is 18.6. The van der Waals surface area contributed by atoms with Crippen LogP contribution in [0, 0.1) is 0 Å². The van der Waals surface area contributed by atoms with Gasteiger partial charge in [-0.25, -0.2) is 0 Å². The van der Waals surface area contributed by atoms with Crippen LogP contribution in [-0.4, -0.2) is 49.4 Å². The van der Waals surface area contributed by atoms with Gasteiger partial charge in [0, 0.05) is 11.6 Å². The highest BCUT2D eigenvalue weighted by Gasteiger charge is 2.36. The number of halogens is 1. The topological polar surface area (TPSA) is 82.1 Å². The molecule has 0 spiro atoms. The lowest BCUT2D eigenvalue weighted by Gasteiger charge is -2.11. The molecule has 1 aliphatic heterocycles. The number of carbonyl (C=O) groups is 3. The van der Waals surface area contributed by atoms with Crippen LogP contribution in [0.2, 0.25) is 0 Å². The maximum Gasteiger partial charge on any atom is 0.326 e. The summed E-state index contributed by atoms with van der Waals surface area (Å²) >= 11 is 4.13. The van der Waals surface area contributed by atoms with Gasteiger partial charge in [-0.2, -0.15) is 0 Å². The minimum absolute atomic E-state index is 0.183. The third-order valence-electron chi connectivity index (χ3n) is 3.26. The molecule has 0 bridgehead atoms. The number of ether oxygens (including phenoxy) is 3. The lowest BCUT2D eigenvalue weighted by atomic mass is 10.1. The number of thioether (sulfide) groups is 1. The molecule has 0 saturated carbocycles. The van der Waals surface area contributed by atoms with Gasteiger partial charge in [0.2, 0.25) is 0 Å². The molecule has 2 rings (SSSR count). The molecule has 2 amide bonds. The first-order valence-corrected chi connectivity index (χ1v) is 8.84. The van der Waals surface area contributed by atoms with Crippen LogP contribution in [0.4, 0.5) is 4.79 Å². The predicted octanol–water partition coefficient (Wildman–Crippen LogP) is 3.07. The van der Waals surface area contributed by atoms with Crippen molar-refractivity contribution in [1.29, 1.82) is 0 Å². The van der Waals surface area contributed by atoms with Crippen molar-refractivity contribution in [2.45, 2.75) is 6.92 Å². The molecule has 0 radical (unpaired) electrons. The first-order chi connectivity index (χ1) is 11.9. The standard InChI is InChI=1S/C16H16BrNO6S/c1-4-24-14(19)8-18-15(20)13(25-16(18)21)6-9-5-10(17)12(23-3)7-11(9)22-2/h5-7H,4,8H2,1-3H3/b13-6+. The lowest BCUT2D eigenvalue weighted by Crippen LogP contribution is -2.34. The molecule has 0 unspecified atom stereocenters. The highest BCUT2D eigenvalue weighted by atomic mass is 79.9. The predicted molar refractivity (Wildman–Crippen MR) is 96.6 cm³/mol. The van der Waals surface area contributed by atoms with Gasteiger partial charge in [0.25, 0.3) is 11.1 Å². The average Bonchev–Trinajstić information content (AvgIpc) is 2.83. The molecular weight excluding hydrogens is 414 g/mol. The second kappa shape index (κ2) is 8.39. The van der Waals surface area contributed by atoms with Crippen molar-refractivity contribution in [1.82, 2.24) is 4.90 Å². The van der Waals surface area contributed by atoms with Crippen molar-refractivity contribution in [3.05, 3.63) is 27.1 Å². The van der Waals surface area contributed by atoms with E-state index in [2.05, 4.69) is 15.9 Å². The molecule has 1 aliphatic rings. The molecule has 7 nitrogen and oxygen atoms in total. The quantitative estimate of drug-likeness (QED) is 0.507. The van der Waals surface area contributed by atoms with Crippen LogP contribution >= 0.6 is 27.7 Å². The fourth-order valence-electron chi connectivity index (χ4n) is 2.11. The highest BCUT2D eigenvalue weighted by molar-refractivity contribution is 9.10. The summed E-state index contributed by atoms with van der Waals surface area (Å²) < 4.78 is 16.0. The number of methoxy groups -OCH3 is 2. The van der Waals surface area contributed by atoms with Crippen LogP contribution < -0.4 is 9.47 Å². The first kappa shape index (κ1) is 19.3. The van der Waals surface area contributed by atoms with E-state index < -0.39 is 23.7 Å². The molecule has 9 heteroatoms. The third-order valence-corrected chi connectivity index (χ3v) is 4.78. The van der Waals surface area contributed by atoms with Crippen LogP contribution in [0.1, 0.15) is 12.5 Å². The average molecular weight is 430 g/mol. The number of esters is 1. The van der Waals surface area contributed by atoms with Crippen LogP contribution in [0.15, 0.2) is 21.5 Å². The Kier molecular flexibility index (Phi) is 6.49. The van der Waals surface area contributed by atoms with E-state index in [1.807, 2.05) is 0 Å². The Morgan fingerprint density at radius 3 is 2.52 bits per heavy atom. The van der Waals surface area contributed by atoms with Crippen molar-refractivity contribution in [2.75, 3.05) is 27.4 Å². The zero-order valence-corrected chi connectivity index (χ0v) is 16.2. The molecule has 1 fully saturated rings. The Balaban J connectivity index is 2.30. The Hall–Kier alpha value is -2.00. The minimum Gasteiger partial charge on any atom is -0.496 e. The highest BCUT2D eigenvalue weighted by Crippen LogP contribution is 2.37. The van der Waals surface area contributed by atoms with E-state index in [9.17, 15) is 14.4 Å². The van der Waals surface area contributed by atoms with Crippen molar-refractivity contribution >= 4 is 50.9 Å². The Morgan fingerprint density at radius 1 is 1.24 bits per heavy atom. The largest absolute Gasteiger partial charge is 0.496 e. The third kappa shape index (κ3) is 4.35. The van der Waals surface area contributed by atoms with E-state index in [0.29, 0.717) is 21.5 Å². The van der Waals surface area contributed by atoms with E-state index in [1.54, 1.807) is 25.1 Å². The van der Waals surface area contributed by atoms with Gasteiger partial charge in [0.15, 0.2) is 0 Å². The molecule has 134 valence electrons. The molecule has 1 aromatic rings. The molecule has 0 aromatic heterocycles. The molecule has 1 saturated heterocycles. The second-order valence-electron chi connectivity index (χ2n) is 4.80. The molecule has 1 aromatic carbocycles. The van der Waals surface area contributed by atoms with E-state index in [0.717, 1.165) is 16.7 Å². The number of amides is 2. The SMILES string of the molecule is CCOC(=O)CN1C(=O)S/C(=C/c2cc(Br)c(OC)cc2OC)C1=O. The number of rotatable bonds is 6. The Bertz CT molecular complexity index is 748. The minimum atomic E-state index is -0.629. The van der Waals surface area contributed by atoms with Gasteiger partial charge in [-0.05, 0) is 46.8 Å². The van der Waals surface area contributed by atoms with Crippen LogP contribution in [0.3, 0.4) is 0 Å². The van der Waals surface area contributed by atoms with Gasteiger partial charge in [0.1, 0.15) is 18.0 Å². The summed E-state index contributed by atoms with van der Waals surface area (Å²) in [6.45, 7) is 1.43. The zero-order valence-electron chi connectivity index (χ0n) is 13.8. The van der Waals surface area contributed by atoms with Gasteiger partial charge < -0.3 is 14.2 Å². The maximum atomic E-state index is 12.4. The number of benzene rings is 1. The number of hydrogen-bond acceptors (Lipinski definition) is 7. The first-order valence-electron chi connectivity index (χ1n) is 7.23. The summed E-state index contributed by atoms with van der Waals surface area (Å²) in [4.78, 5) is 37.0. The molecule has 0 N–H and O–H groups in total. The van der Waals surface area contributed by atoms with Gasteiger partial charge in [-0.15, -0.1) is 0 Å². The monoisotopic (exact) mass is 429 g/mol. The van der Waals surface area contributed by atoms with Gasteiger partial charge in [-0.1, -0.05) is 0 Å². The van der Waals surface area contributed by atoms with Gasteiger partial charge >= 0.3 is 5.97 Å². The normalized spacial score (nSPS) is 15.7. The van der Waals surface area contributed by atoms with Crippen molar-refractivity contribution in [3.8, 4) is 11.5 Å². The molecule has 0 aliphatic carbocycles. The van der Waals surface area contributed by atoms with E-state index in [-0.39, 0.29) is 11.5 Å². The van der Waals surface area contributed by atoms with Crippen molar-refractivity contribution in [2.24, 2.45) is 0 Å². The molecule has 1 heterocycles. The number of imide groups is 1. The maximum absolute atomic E-state index is 12.4. The number of carbonyl (C=O) groups excluding carboxylic acids is 3. The second-order valence-corrected chi connectivity index (χ2v) is 6.65. The summed E-state index contributed by atoms with van der Waals surface area (Å²) in [5.41, 5.74) is 0.594. The molecule has 0 atom stereocenters. The van der Waals surface area contributed by atoms with E-state index in [4.69, 9.17) is 14.2 Å². The fourth-order valence-corrected chi connectivity index (χ4v) is 3.46. The van der Waals surface area contributed by atoms with Gasteiger partial charge in [0.05, 0.1) is 30.2 Å². The lowest BCUT2D eigenvalue weighted by molar-refractivity contribution is -0.145. The van der Waals surface area contributed by atoms with E-state index >= 15 is 0 Å². The molecule has 25 heavy (non-hydrogen) atoms. The van der Waals surface area contributed by atoms with Crippen LogP contribution in [0.25, 0.3) is 6.08 Å². The number of nitrogens with zero attached hydrogens (tertiary/aromatic N) is 1. The Morgan fingerprint density at radius 2 is 1.92 bits per heavy atom. The van der Waals surface area contributed by atoms with Crippen molar-refractivity contribution < 1.29 is 28.6 Å². The Labute approximate surface area is 157 Å². The molecular formula is C16H16BrNO6S.